The van der Waals surface area contributed by atoms with Gasteiger partial charge < -0.3 is 18.9 Å². The topological polar surface area (TPSA) is 82.1 Å². The SMILES string of the molecule is CCOP(=O)(CCCOc1cc(C(C)C(=O)O)ccc1-c1ccccc1)OCC. The monoisotopic (exact) mass is 420 g/mol. The van der Waals surface area contributed by atoms with Gasteiger partial charge in [0, 0.05) is 5.56 Å². The minimum atomic E-state index is -3.11. The highest BCUT2D eigenvalue weighted by Crippen LogP contribution is 2.48. The zero-order valence-corrected chi connectivity index (χ0v) is 18.1. The molecule has 1 atom stereocenters. The normalized spacial score (nSPS) is 12.5. The van der Waals surface area contributed by atoms with E-state index < -0.39 is 19.5 Å². The maximum Gasteiger partial charge on any atom is 0.330 e. The van der Waals surface area contributed by atoms with Crippen LogP contribution in [0.2, 0.25) is 0 Å². The molecule has 0 aliphatic rings. The molecule has 2 aromatic rings. The molecule has 2 rings (SSSR count). The molecule has 0 amide bonds. The van der Waals surface area contributed by atoms with Crippen molar-refractivity contribution in [3.63, 3.8) is 0 Å². The predicted molar refractivity (Wildman–Crippen MR) is 114 cm³/mol. The molecule has 0 bridgehead atoms. The summed E-state index contributed by atoms with van der Waals surface area (Å²) < 4.78 is 29.2. The Morgan fingerprint density at radius 1 is 1.07 bits per heavy atom. The standard InChI is InChI=1S/C22H29O6P/c1-4-27-29(25,28-5-2)15-9-14-26-21-16-19(17(3)22(23)24)12-13-20(21)18-10-7-6-8-11-18/h6-8,10-13,16-17H,4-5,9,14-15H2,1-3H3,(H,23,24). The van der Waals surface area contributed by atoms with E-state index in [1.54, 1.807) is 26.8 Å². The minimum Gasteiger partial charge on any atom is -0.493 e. The first-order valence-corrected chi connectivity index (χ1v) is 11.6. The van der Waals surface area contributed by atoms with Gasteiger partial charge in [-0.25, -0.2) is 0 Å². The molecule has 0 fully saturated rings. The van der Waals surface area contributed by atoms with E-state index in [0.29, 0.717) is 37.6 Å². The quantitative estimate of drug-likeness (QED) is 0.357. The number of carbonyl (C=O) groups is 1. The molecule has 0 saturated heterocycles. The lowest BCUT2D eigenvalue weighted by molar-refractivity contribution is -0.138. The van der Waals surface area contributed by atoms with Crippen LogP contribution in [0.1, 0.15) is 38.7 Å². The molecule has 0 saturated carbocycles. The first kappa shape index (κ1) is 23.1. The molecule has 6 nitrogen and oxygen atoms in total. The van der Waals surface area contributed by atoms with Crippen LogP contribution in [-0.2, 0) is 18.4 Å². The molecule has 1 unspecified atom stereocenters. The lowest BCUT2D eigenvalue weighted by Gasteiger charge is -2.18. The van der Waals surface area contributed by atoms with Crippen LogP contribution in [-0.4, -0.2) is 37.1 Å². The van der Waals surface area contributed by atoms with Crippen LogP contribution >= 0.6 is 7.60 Å². The number of benzene rings is 2. The van der Waals surface area contributed by atoms with Crippen LogP contribution in [0.4, 0.5) is 0 Å². The van der Waals surface area contributed by atoms with Gasteiger partial charge in [-0.05, 0) is 44.4 Å². The fourth-order valence-corrected chi connectivity index (χ4v) is 4.56. The van der Waals surface area contributed by atoms with E-state index in [-0.39, 0.29) is 6.16 Å². The van der Waals surface area contributed by atoms with Crippen molar-refractivity contribution >= 4 is 13.6 Å². The molecule has 0 aliphatic heterocycles. The Labute approximate surface area is 172 Å². The number of aliphatic carboxylic acids is 1. The summed E-state index contributed by atoms with van der Waals surface area (Å²) in [5.74, 6) is -0.930. The largest absolute Gasteiger partial charge is 0.493 e. The second-order valence-corrected chi connectivity index (χ2v) is 8.74. The number of hydrogen-bond acceptors (Lipinski definition) is 5. The van der Waals surface area contributed by atoms with Gasteiger partial charge in [0.15, 0.2) is 0 Å². The van der Waals surface area contributed by atoms with Crippen molar-refractivity contribution in [2.45, 2.75) is 33.1 Å². The van der Waals surface area contributed by atoms with Gasteiger partial charge in [0.1, 0.15) is 5.75 Å². The number of carboxylic acid groups (broad SMARTS) is 1. The van der Waals surface area contributed by atoms with Crippen molar-refractivity contribution in [1.82, 2.24) is 0 Å². The summed E-state index contributed by atoms with van der Waals surface area (Å²) in [7, 11) is -3.11. The van der Waals surface area contributed by atoms with E-state index in [1.807, 2.05) is 42.5 Å². The molecule has 2 aromatic carbocycles. The van der Waals surface area contributed by atoms with Gasteiger partial charge in [-0.1, -0.05) is 42.5 Å². The Morgan fingerprint density at radius 3 is 2.31 bits per heavy atom. The van der Waals surface area contributed by atoms with Crippen LogP contribution in [0.15, 0.2) is 48.5 Å². The average molecular weight is 420 g/mol. The summed E-state index contributed by atoms with van der Waals surface area (Å²) in [6.45, 7) is 6.17. The van der Waals surface area contributed by atoms with E-state index in [1.165, 1.54) is 0 Å². The van der Waals surface area contributed by atoms with E-state index in [9.17, 15) is 14.5 Å². The van der Waals surface area contributed by atoms with Crippen molar-refractivity contribution in [1.29, 1.82) is 0 Å². The summed E-state index contributed by atoms with van der Waals surface area (Å²) >= 11 is 0. The van der Waals surface area contributed by atoms with E-state index >= 15 is 0 Å². The summed E-state index contributed by atoms with van der Waals surface area (Å²) in [6.07, 6.45) is 0.755. The van der Waals surface area contributed by atoms with Crippen molar-refractivity contribution in [2.24, 2.45) is 0 Å². The fraction of sp³-hybridized carbons (Fsp3) is 0.409. The van der Waals surface area contributed by atoms with Crippen molar-refractivity contribution in [3.8, 4) is 16.9 Å². The summed E-state index contributed by atoms with van der Waals surface area (Å²) in [5.41, 5.74) is 2.53. The first-order chi connectivity index (χ1) is 13.9. The van der Waals surface area contributed by atoms with Gasteiger partial charge in [-0.15, -0.1) is 0 Å². The third-order valence-electron chi connectivity index (χ3n) is 4.45. The molecule has 0 spiro atoms. The predicted octanol–water partition coefficient (Wildman–Crippen LogP) is 5.58. The highest BCUT2D eigenvalue weighted by Gasteiger charge is 2.23. The Kier molecular flexibility index (Phi) is 8.90. The van der Waals surface area contributed by atoms with Crippen LogP contribution in [0, 0.1) is 0 Å². The number of ether oxygens (including phenoxy) is 1. The molecule has 29 heavy (non-hydrogen) atoms. The molecular formula is C22H29O6P. The van der Waals surface area contributed by atoms with Gasteiger partial charge in [0.25, 0.3) is 0 Å². The molecule has 1 N–H and O–H groups in total. The minimum absolute atomic E-state index is 0.264. The van der Waals surface area contributed by atoms with Crippen LogP contribution in [0.3, 0.4) is 0 Å². The second-order valence-electron chi connectivity index (χ2n) is 6.55. The Bertz CT molecular complexity index is 826. The van der Waals surface area contributed by atoms with Gasteiger partial charge in [0.05, 0.1) is 31.9 Å². The first-order valence-electron chi connectivity index (χ1n) is 9.83. The maximum absolute atomic E-state index is 12.6. The Hall–Kier alpha value is -2.14. The smallest absolute Gasteiger partial charge is 0.330 e. The van der Waals surface area contributed by atoms with Crippen molar-refractivity contribution < 1.29 is 28.3 Å². The third kappa shape index (κ3) is 6.70. The zero-order valence-electron chi connectivity index (χ0n) is 17.2. The summed E-state index contributed by atoms with van der Waals surface area (Å²) in [4.78, 5) is 11.4. The highest BCUT2D eigenvalue weighted by atomic mass is 31.2. The maximum atomic E-state index is 12.6. The highest BCUT2D eigenvalue weighted by molar-refractivity contribution is 7.53. The van der Waals surface area contributed by atoms with Crippen molar-refractivity contribution in [2.75, 3.05) is 26.0 Å². The lowest BCUT2D eigenvalue weighted by atomic mass is 9.96. The summed E-state index contributed by atoms with van der Waals surface area (Å²) in [5, 5.41) is 9.32. The number of rotatable bonds is 12. The van der Waals surface area contributed by atoms with Crippen LogP contribution in [0.25, 0.3) is 11.1 Å². The van der Waals surface area contributed by atoms with Gasteiger partial charge in [0.2, 0.25) is 0 Å². The van der Waals surface area contributed by atoms with Crippen LogP contribution in [0.5, 0.6) is 5.75 Å². The number of carboxylic acids is 1. The van der Waals surface area contributed by atoms with E-state index in [2.05, 4.69) is 0 Å². The van der Waals surface area contributed by atoms with E-state index in [4.69, 9.17) is 13.8 Å². The summed E-state index contributed by atoms with van der Waals surface area (Å²) in [6, 6.07) is 15.2. The van der Waals surface area contributed by atoms with Gasteiger partial charge in [-0.2, -0.15) is 0 Å². The zero-order chi connectivity index (χ0) is 21.3. The molecule has 0 aromatic heterocycles. The number of hydrogen-bond donors (Lipinski definition) is 1. The van der Waals surface area contributed by atoms with Gasteiger partial charge >= 0.3 is 13.6 Å². The lowest BCUT2D eigenvalue weighted by Crippen LogP contribution is -2.09. The van der Waals surface area contributed by atoms with E-state index in [0.717, 1.165) is 11.1 Å². The fourth-order valence-electron chi connectivity index (χ4n) is 2.93. The van der Waals surface area contributed by atoms with Crippen LogP contribution < -0.4 is 4.74 Å². The average Bonchev–Trinajstić information content (AvgIpc) is 2.71. The molecule has 158 valence electrons. The molecule has 7 heteroatoms. The van der Waals surface area contributed by atoms with Gasteiger partial charge in [-0.3, -0.25) is 9.36 Å². The molecule has 0 aliphatic carbocycles. The third-order valence-corrected chi connectivity index (χ3v) is 6.61. The Morgan fingerprint density at radius 2 is 1.72 bits per heavy atom. The Balaban J connectivity index is 2.17. The molecule has 0 radical (unpaired) electrons. The van der Waals surface area contributed by atoms with Crippen molar-refractivity contribution in [3.05, 3.63) is 54.1 Å². The molecule has 0 heterocycles. The molecular weight excluding hydrogens is 391 g/mol. The second kappa shape index (κ2) is 11.1.